The molecular formula is C21H24N2O6S. The minimum atomic E-state index is -3.80. The zero-order valence-corrected chi connectivity index (χ0v) is 17.7. The van der Waals surface area contributed by atoms with E-state index in [4.69, 9.17) is 14.2 Å². The van der Waals surface area contributed by atoms with E-state index in [0.717, 1.165) is 19.3 Å². The topological polar surface area (TPSA) is 94.2 Å². The molecule has 2 aliphatic rings. The molecule has 0 bridgehead atoms. The fourth-order valence-corrected chi connectivity index (χ4v) is 5.64. The molecule has 1 N–H and O–H groups in total. The number of nitrogens with zero attached hydrogens (tertiary/aromatic N) is 1. The minimum Gasteiger partial charge on any atom is -0.495 e. The van der Waals surface area contributed by atoms with Gasteiger partial charge >= 0.3 is 0 Å². The predicted octanol–water partition coefficient (Wildman–Crippen LogP) is 3.24. The Labute approximate surface area is 175 Å². The van der Waals surface area contributed by atoms with Crippen molar-refractivity contribution in [1.82, 2.24) is 4.31 Å². The average Bonchev–Trinajstić information content (AvgIpc) is 3.21. The van der Waals surface area contributed by atoms with Crippen LogP contribution in [0.15, 0.2) is 41.3 Å². The van der Waals surface area contributed by atoms with Crippen molar-refractivity contribution in [3.63, 3.8) is 0 Å². The molecule has 8 nitrogen and oxygen atoms in total. The molecule has 2 aromatic carbocycles. The molecule has 1 fully saturated rings. The number of fused-ring (bicyclic) bond motifs is 1. The van der Waals surface area contributed by atoms with Crippen molar-refractivity contribution in [2.45, 2.75) is 37.1 Å². The molecule has 160 valence electrons. The van der Waals surface area contributed by atoms with Crippen molar-refractivity contribution >= 4 is 21.6 Å². The summed E-state index contributed by atoms with van der Waals surface area (Å²) < 4.78 is 44.0. The number of carbonyl (C=O) groups excluding carboxylic acids is 1. The van der Waals surface area contributed by atoms with Crippen LogP contribution in [0.2, 0.25) is 0 Å². The number of carbonyl (C=O) groups is 1. The van der Waals surface area contributed by atoms with Gasteiger partial charge in [-0.3, -0.25) is 4.79 Å². The maximum atomic E-state index is 13.3. The van der Waals surface area contributed by atoms with Crippen molar-refractivity contribution in [3.05, 3.63) is 42.0 Å². The first kappa shape index (κ1) is 20.5. The second-order valence-electron chi connectivity index (χ2n) is 7.35. The van der Waals surface area contributed by atoms with E-state index in [1.165, 1.54) is 23.5 Å². The minimum absolute atomic E-state index is 0.00270. The number of rotatable bonds is 5. The van der Waals surface area contributed by atoms with Crippen molar-refractivity contribution in [1.29, 1.82) is 0 Å². The molecule has 9 heteroatoms. The van der Waals surface area contributed by atoms with Gasteiger partial charge in [0.2, 0.25) is 16.8 Å². The zero-order chi connectivity index (χ0) is 21.3. The maximum Gasteiger partial charge on any atom is 0.255 e. The molecule has 2 aliphatic heterocycles. The monoisotopic (exact) mass is 432 g/mol. The van der Waals surface area contributed by atoms with Crippen LogP contribution in [0.4, 0.5) is 5.69 Å². The van der Waals surface area contributed by atoms with Gasteiger partial charge in [0.1, 0.15) is 10.6 Å². The Morgan fingerprint density at radius 1 is 1.13 bits per heavy atom. The molecule has 1 unspecified atom stereocenters. The maximum absolute atomic E-state index is 13.3. The van der Waals surface area contributed by atoms with Gasteiger partial charge in [-0.15, -0.1) is 0 Å². The van der Waals surface area contributed by atoms with Gasteiger partial charge in [-0.2, -0.15) is 4.31 Å². The van der Waals surface area contributed by atoms with E-state index in [9.17, 15) is 13.2 Å². The van der Waals surface area contributed by atoms with Crippen LogP contribution in [0.5, 0.6) is 17.2 Å². The number of sulfonamides is 1. The molecule has 2 heterocycles. The lowest BCUT2D eigenvalue weighted by Crippen LogP contribution is -2.42. The molecule has 30 heavy (non-hydrogen) atoms. The Kier molecular flexibility index (Phi) is 5.57. The SMILES string of the molecule is COc1ccc(C(=O)Nc2ccc3c(c2)OCO3)cc1S(=O)(=O)N1CCCCC1C. The van der Waals surface area contributed by atoms with Crippen LogP contribution < -0.4 is 19.5 Å². The molecule has 0 aliphatic carbocycles. The summed E-state index contributed by atoms with van der Waals surface area (Å²) >= 11 is 0. The zero-order valence-electron chi connectivity index (χ0n) is 16.9. The Bertz CT molecular complexity index is 1070. The van der Waals surface area contributed by atoms with Crippen LogP contribution in [0.25, 0.3) is 0 Å². The molecule has 0 radical (unpaired) electrons. The largest absolute Gasteiger partial charge is 0.495 e. The molecule has 0 spiro atoms. The summed E-state index contributed by atoms with van der Waals surface area (Å²) in [5.41, 5.74) is 0.742. The first-order valence-electron chi connectivity index (χ1n) is 9.81. The van der Waals surface area contributed by atoms with Crippen molar-refractivity contribution in [3.8, 4) is 17.2 Å². The third-order valence-electron chi connectivity index (χ3n) is 5.38. The summed E-state index contributed by atoms with van der Waals surface area (Å²) in [5, 5.41) is 2.77. The van der Waals surface area contributed by atoms with E-state index in [-0.39, 0.29) is 29.0 Å². The number of nitrogens with one attached hydrogen (secondary N) is 1. The van der Waals surface area contributed by atoms with Gasteiger partial charge in [-0.25, -0.2) is 8.42 Å². The van der Waals surface area contributed by atoms with Crippen LogP contribution in [-0.2, 0) is 10.0 Å². The van der Waals surface area contributed by atoms with Crippen molar-refractivity contribution in [2.24, 2.45) is 0 Å². The van der Waals surface area contributed by atoms with Gasteiger partial charge in [-0.05, 0) is 50.1 Å². The Hall–Kier alpha value is -2.78. The smallest absolute Gasteiger partial charge is 0.255 e. The van der Waals surface area contributed by atoms with E-state index >= 15 is 0 Å². The first-order valence-corrected chi connectivity index (χ1v) is 11.2. The van der Waals surface area contributed by atoms with Crippen LogP contribution in [-0.4, -0.2) is 45.1 Å². The molecular weight excluding hydrogens is 408 g/mol. The highest BCUT2D eigenvalue weighted by molar-refractivity contribution is 7.89. The molecule has 1 saturated heterocycles. The number of methoxy groups -OCH3 is 1. The summed E-state index contributed by atoms with van der Waals surface area (Å²) in [6.07, 6.45) is 2.63. The molecule has 4 rings (SSSR count). The number of piperidine rings is 1. The predicted molar refractivity (Wildman–Crippen MR) is 111 cm³/mol. The summed E-state index contributed by atoms with van der Waals surface area (Å²) in [4.78, 5) is 12.8. The van der Waals surface area contributed by atoms with Crippen LogP contribution in [0, 0.1) is 0 Å². The number of amides is 1. The second kappa shape index (κ2) is 8.16. The average molecular weight is 432 g/mol. The lowest BCUT2D eigenvalue weighted by molar-refractivity contribution is 0.102. The van der Waals surface area contributed by atoms with Gasteiger partial charge in [0.25, 0.3) is 5.91 Å². The van der Waals surface area contributed by atoms with Crippen LogP contribution >= 0.6 is 0 Å². The number of hydrogen-bond donors (Lipinski definition) is 1. The van der Waals surface area contributed by atoms with Gasteiger partial charge < -0.3 is 19.5 Å². The number of hydrogen-bond acceptors (Lipinski definition) is 6. The van der Waals surface area contributed by atoms with E-state index < -0.39 is 15.9 Å². The normalized spacial score (nSPS) is 18.8. The molecule has 0 aromatic heterocycles. The summed E-state index contributed by atoms with van der Waals surface area (Å²) in [5.74, 6) is 0.943. The van der Waals surface area contributed by atoms with E-state index in [1.807, 2.05) is 6.92 Å². The number of benzene rings is 2. The van der Waals surface area contributed by atoms with Gasteiger partial charge in [0, 0.05) is 29.9 Å². The van der Waals surface area contributed by atoms with Crippen molar-refractivity contribution in [2.75, 3.05) is 25.8 Å². The first-order chi connectivity index (χ1) is 14.4. The standard InChI is InChI=1S/C21H24N2O6S/c1-14-5-3-4-10-23(14)30(25,26)20-11-15(6-8-18(20)27-2)21(24)22-16-7-9-17-19(12-16)29-13-28-17/h6-9,11-12,14H,3-5,10,13H2,1-2H3,(H,22,24). The summed E-state index contributed by atoms with van der Waals surface area (Å²) in [7, 11) is -2.38. The highest BCUT2D eigenvalue weighted by Crippen LogP contribution is 2.35. The molecule has 2 aromatic rings. The fourth-order valence-electron chi connectivity index (χ4n) is 3.75. The van der Waals surface area contributed by atoms with Crippen LogP contribution in [0.1, 0.15) is 36.5 Å². The van der Waals surface area contributed by atoms with Gasteiger partial charge in [0.05, 0.1) is 7.11 Å². The van der Waals surface area contributed by atoms with Gasteiger partial charge in [0.15, 0.2) is 11.5 Å². The van der Waals surface area contributed by atoms with E-state index in [0.29, 0.717) is 23.7 Å². The number of anilines is 1. The summed E-state index contributed by atoms with van der Waals surface area (Å²) in [6, 6.07) is 9.39. The third kappa shape index (κ3) is 3.82. The Morgan fingerprint density at radius 2 is 1.93 bits per heavy atom. The fraction of sp³-hybridized carbons (Fsp3) is 0.381. The highest BCUT2D eigenvalue weighted by atomic mass is 32.2. The highest BCUT2D eigenvalue weighted by Gasteiger charge is 2.33. The molecule has 0 saturated carbocycles. The van der Waals surface area contributed by atoms with E-state index in [2.05, 4.69) is 5.32 Å². The van der Waals surface area contributed by atoms with Gasteiger partial charge in [-0.1, -0.05) is 6.42 Å². The molecule has 1 amide bonds. The van der Waals surface area contributed by atoms with Crippen LogP contribution in [0.3, 0.4) is 0 Å². The Morgan fingerprint density at radius 3 is 2.70 bits per heavy atom. The lowest BCUT2D eigenvalue weighted by atomic mass is 10.1. The number of ether oxygens (including phenoxy) is 3. The molecule has 1 atom stereocenters. The lowest BCUT2D eigenvalue weighted by Gasteiger charge is -2.32. The quantitative estimate of drug-likeness (QED) is 0.780. The third-order valence-corrected chi connectivity index (χ3v) is 7.42. The van der Waals surface area contributed by atoms with E-state index in [1.54, 1.807) is 24.3 Å². The second-order valence-corrected chi connectivity index (χ2v) is 9.21. The Balaban J connectivity index is 1.63. The summed E-state index contributed by atoms with van der Waals surface area (Å²) in [6.45, 7) is 2.50. The van der Waals surface area contributed by atoms with Crippen molar-refractivity contribution < 1.29 is 27.4 Å².